The smallest absolute Gasteiger partial charge is 0.360 e. The summed E-state index contributed by atoms with van der Waals surface area (Å²) < 4.78 is 8.96. The molecule has 0 aliphatic heterocycles. The Labute approximate surface area is 131 Å². The minimum Gasteiger partial charge on any atom is -0.542 e. The SMILES string of the molecule is BOC(=O)[C@@H](CBOC=O)O/N=C(\C(=O)O)c1csc(C)n1. The lowest BCUT2D eigenvalue weighted by molar-refractivity contribution is -0.146. The summed E-state index contributed by atoms with van der Waals surface area (Å²) in [5.74, 6) is -2.12. The minimum atomic E-state index is -1.35. The maximum absolute atomic E-state index is 11.5. The Morgan fingerprint density at radius 1 is 1.64 bits per heavy atom. The molecule has 1 aromatic rings. The molecule has 0 aromatic carbocycles. The molecule has 0 bridgehead atoms. The average Bonchev–Trinajstić information content (AvgIpc) is 2.91. The van der Waals surface area contributed by atoms with Crippen molar-refractivity contribution in [3.8, 4) is 0 Å². The van der Waals surface area contributed by atoms with Crippen LogP contribution in [-0.2, 0) is 28.5 Å². The van der Waals surface area contributed by atoms with Crippen molar-refractivity contribution >= 4 is 51.0 Å². The number of carbonyl (C=O) groups excluding carboxylic acids is 2. The van der Waals surface area contributed by atoms with Gasteiger partial charge in [0.15, 0.2) is 0 Å². The van der Waals surface area contributed by atoms with Crippen molar-refractivity contribution < 1.29 is 33.6 Å². The number of oxime groups is 1. The molecule has 9 nitrogen and oxygen atoms in total. The van der Waals surface area contributed by atoms with Gasteiger partial charge in [-0.15, -0.1) is 11.3 Å². The third-order valence-electron chi connectivity index (χ3n) is 2.37. The molecule has 0 amide bonds. The normalized spacial score (nSPS) is 12.1. The summed E-state index contributed by atoms with van der Waals surface area (Å²) in [7, 11) is 1.04. The van der Waals surface area contributed by atoms with Crippen LogP contribution in [0.5, 0.6) is 0 Å². The van der Waals surface area contributed by atoms with Crippen molar-refractivity contribution in [1.82, 2.24) is 4.98 Å². The van der Waals surface area contributed by atoms with Crippen molar-refractivity contribution in [2.75, 3.05) is 0 Å². The number of carbonyl (C=O) groups is 3. The molecule has 1 heterocycles. The number of hydrogen-bond acceptors (Lipinski definition) is 9. The molecule has 0 unspecified atom stereocenters. The second kappa shape index (κ2) is 8.82. The summed E-state index contributed by atoms with van der Waals surface area (Å²) in [4.78, 5) is 41.7. The Morgan fingerprint density at radius 3 is 2.86 bits per heavy atom. The molecule has 1 N–H and O–H groups in total. The fraction of sp³-hybridized carbons (Fsp3) is 0.300. The molecule has 116 valence electrons. The molecule has 0 aliphatic rings. The van der Waals surface area contributed by atoms with Crippen molar-refractivity contribution in [2.24, 2.45) is 5.16 Å². The molecule has 0 fully saturated rings. The van der Waals surface area contributed by atoms with Gasteiger partial charge in [-0.25, -0.2) is 14.6 Å². The number of aryl methyl sites for hydroxylation is 1. The first-order chi connectivity index (χ1) is 10.5. The average molecular weight is 326 g/mol. The van der Waals surface area contributed by atoms with Crippen LogP contribution in [0.25, 0.3) is 0 Å². The van der Waals surface area contributed by atoms with Crippen LogP contribution >= 0.6 is 11.3 Å². The van der Waals surface area contributed by atoms with Gasteiger partial charge in [-0.05, 0) is 6.92 Å². The van der Waals surface area contributed by atoms with Crippen molar-refractivity contribution in [2.45, 2.75) is 19.3 Å². The summed E-state index contributed by atoms with van der Waals surface area (Å²) in [6, 6.07) is 0. The van der Waals surface area contributed by atoms with E-state index in [4.69, 9.17) is 9.94 Å². The molecule has 1 rings (SSSR count). The molecule has 12 heteroatoms. The molecular formula is C10H12B2N2O7S. The lowest BCUT2D eigenvalue weighted by Crippen LogP contribution is -2.27. The molecule has 1 atom stereocenters. The fourth-order valence-electron chi connectivity index (χ4n) is 1.35. The van der Waals surface area contributed by atoms with E-state index < -0.39 is 23.8 Å². The van der Waals surface area contributed by atoms with Crippen LogP contribution in [0.3, 0.4) is 0 Å². The topological polar surface area (TPSA) is 124 Å². The van der Waals surface area contributed by atoms with Gasteiger partial charge < -0.3 is 19.3 Å². The van der Waals surface area contributed by atoms with Gasteiger partial charge in [-0.3, -0.25) is 4.79 Å². The maximum Gasteiger partial charge on any atom is 0.360 e. The van der Waals surface area contributed by atoms with Gasteiger partial charge in [0, 0.05) is 11.7 Å². The van der Waals surface area contributed by atoms with E-state index in [1.165, 1.54) is 16.7 Å². The van der Waals surface area contributed by atoms with E-state index in [2.05, 4.69) is 19.4 Å². The Morgan fingerprint density at radius 2 is 2.36 bits per heavy atom. The van der Waals surface area contributed by atoms with Gasteiger partial charge in [0.1, 0.15) is 5.69 Å². The number of thiazole rings is 1. The molecule has 0 saturated carbocycles. The van der Waals surface area contributed by atoms with E-state index in [0.717, 1.165) is 8.05 Å². The highest BCUT2D eigenvalue weighted by Gasteiger charge is 2.24. The van der Waals surface area contributed by atoms with Crippen LogP contribution in [0.15, 0.2) is 10.5 Å². The first kappa shape index (κ1) is 17.7. The first-order valence-electron chi connectivity index (χ1n) is 6.02. The van der Waals surface area contributed by atoms with E-state index in [1.807, 2.05) is 0 Å². The number of rotatable bonds is 9. The lowest BCUT2D eigenvalue weighted by Gasteiger charge is -2.12. The van der Waals surface area contributed by atoms with Crippen LogP contribution < -0.4 is 0 Å². The molecule has 0 radical (unpaired) electrons. The zero-order chi connectivity index (χ0) is 16.5. The van der Waals surface area contributed by atoms with Gasteiger partial charge >= 0.3 is 27.5 Å². The third kappa shape index (κ3) is 5.20. The standard InChI is InChI=1S/C10H12B2N2O7S/c1-5-13-6(3-22-5)8(9(16)17)14-21-7(10(18)20-11)2-12-19-4-15/h3-4,7,12H,2,11H2,1H3,(H,16,17)/b14-8-/t7-/m1/s1. The number of hydrogen-bond donors (Lipinski definition) is 1. The maximum atomic E-state index is 11.5. The Hall–Kier alpha value is -2.36. The summed E-state index contributed by atoms with van der Waals surface area (Å²) in [6.07, 6.45) is -1.23. The monoisotopic (exact) mass is 326 g/mol. The Bertz CT molecular complexity index is 577. The summed E-state index contributed by atoms with van der Waals surface area (Å²) in [5.41, 5.74) is -0.308. The number of aliphatic carboxylic acids is 1. The van der Waals surface area contributed by atoms with Gasteiger partial charge in [0.05, 0.1) is 5.01 Å². The third-order valence-corrected chi connectivity index (χ3v) is 3.14. The second-order valence-electron chi connectivity index (χ2n) is 3.87. The van der Waals surface area contributed by atoms with Gasteiger partial charge in [-0.2, -0.15) is 0 Å². The predicted octanol–water partition coefficient (Wildman–Crippen LogP) is -1.34. The van der Waals surface area contributed by atoms with Gasteiger partial charge in [-0.1, -0.05) is 5.16 Å². The highest BCUT2D eigenvalue weighted by Crippen LogP contribution is 2.11. The quantitative estimate of drug-likeness (QED) is 0.194. The number of carboxylic acid groups (broad SMARTS) is 1. The number of aromatic nitrogens is 1. The molecule has 0 spiro atoms. The van der Waals surface area contributed by atoms with Crippen molar-refractivity contribution in [3.63, 3.8) is 0 Å². The van der Waals surface area contributed by atoms with Crippen LogP contribution in [0.4, 0.5) is 0 Å². The minimum absolute atomic E-state index is 0.0299. The van der Waals surface area contributed by atoms with Crippen LogP contribution in [0.1, 0.15) is 10.7 Å². The number of carboxylic acids is 1. The fourth-order valence-corrected chi connectivity index (χ4v) is 1.95. The lowest BCUT2D eigenvalue weighted by atomic mass is 9.91. The number of nitrogens with zero attached hydrogens (tertiary/aromatic N) is 2. The van der Waals surface area contributed by atoms with Crippen molar-refractivity contribution in [1.29, 1.82) is 0 Å². The highest BCUT2D eigenvalue weighted by molar-refractivity contribution is 7.09. The molecular weight excluding hydrogens is 314 g/mol. The summed E-state index contributed by atoms with van der Waals surface area (Å²) >= 11 is 1.25. The Kier molecular flexibility index (Phi) is 7.09. The van der Waals surface area contributed by atoms with Crippen LogP contribution in [-0.4, -0.2) is 55.8 Å². The summed E-state index contributed by atoms with van der Waals surface area (Å²) in [5, 5.41) is 14.8. The first-order valence-corrected chi connectivity index (χ1v) is 6.90. The van der Waals surface area contributed by atoms with Crippen LogP contribution in [0.2, 0.25) is 6.32 Å². The highest BCUT2D eigenvalue weighted by atomic mass is 32.1. The molecule has 1 aromatic heterocycles. The van der Waals surface area contributed by atoms with Gasteiger partial charge in [0.2, 0.25) is 11.8 Å². The largest absolute Gasteiger partial charge is 0.542 e. The molecule has 0 saturated heterocycles. The molecule has 0 aliphatic carbocycles. The van der Waals surface area contributed by atoms with Crippen molar-refractivity contribution in [3.05, 3.63) is 16.1 Å². The predicted molar refractivity (Wildman–Crippen MR) is 79.6 cm³/mol. The second-order valence-corrected chi connectivity index (χ2v) is 4.93. The zero-order valence-electron chi connectivity index (χ0n) is 11.8. The Balaban J connectivity index is 2.86. The zero-order valence-corrected chi connectivity index (χ0v) is 12.7. The van der Waals surface area contributed by atoms with E-state index >= 15 is 0 Å². The van der Waals surface area contributed by atoms with E-state index in [0.29, 0.717) is 5.01 Å². The van der Waals surface area contributed by atoms with E-state index in [-0.39, 0.29) is 26.0 Å². The molecule has 22 heavy (non-hydrogen) atoms. The van der Waals surface area contributed by atoms with Gasteiger partial charge in [0.25, 0.3) is 6.47 Å². The van der Waals surface area contributed by atoms with Crippen LogP contribution in [0, 0.1) is 6.92 Å². The van der Waals surface area contributed by atoms with E-state index in [9.17, 15) is 14.4 Å². The van der Waals surface area contributed by atoms with E-state index in [1.54, 1.807) is 6.92 Å². The summed E-state index contributed by atoms with van der Waals surface area (Å²) in [6.45, 7) is 1.93.